The Labute approximate surface area is 116 Å². The third-order valence-corrected chi connectivity index (χ3v) is 3.73. The van der Waals surface area contributed by atoms with Crippen LogP contribution in [0, 0.1) is 6.92 Å². The summed E-state index contributed by atoms with van der Waals surface area (Å²) >= 11 is 1.53. The second-order valence-electron chi connectivity index (χ2n) is 4.64. The van der Waals surface area contributed by atoms with Gasteiger partial charge in [-0.15, -0.1) is 11.3 Å². The first kappa shape index (κ1) is 13.7. The lowest BCUT2D eigenvalue weighted by Crippen LogP contribution is -2.31. The van der Waals surface area contributed by atoms with Crippen LogP contribution in [0.5, 0.6) is 0 Å². The Morgan fingerprint density at radius 2 is 2.21 bits per heavy atom. The maximum atomic E-state index is 11.8. The van der Waals surface area contributed by atoms with Crippen molar-refractivity contribution in [3.05, 3.63) is 35.0 Å². The molecule has 0 aliphatic heterocycles. The number of rotatable bonds is 4. The average molecular weight is 275 g/mol. The van der Waals surface area contributed by atoms with Gasteiger partial charge in [0.2, 0.25) is 5.91 Å². The fraction of sp³-hybridized carbons (Fsp3) is 0.357. The quantitative estimate of drug-likeness (QED) is 0.933. The molecule has 2 heterocycles. The van der Waals surface area contributed by atoms with Gasteiger partial charge in [0.15, 0.2) is 0 Å². The summed E-state index contributed by atoms with van der Waals surface area (Å²) in [6.45, 7) is 5.84. The van der Waals surface area contributed by atoms with Crippen molar-refractivity contribution < 1.29 is 4.79 Å². The number of hydrogen-bond acceptors (Lipinski definition) is 4. The summed E-state index contributed by atoms with van der Waals surface area (Å²) in [4.78, 5) is 21.5. The topological polar surface area (TPSA) is 54.9 Å². The Kier molecular flexibility index (Phi) is 4.27. The lowest BCUT2D eigenvalue weighted by atomic mass is 10.2. The van der Waals surface area contributed by atoms with Crippen LogP contribution in [-0.4, -0.2) is 21.9 Å². The number of carbonyl (C=O) groups is 1. The van der Waals surface area contributed by atoms with Gasteiger partial charge in [-0.25, -0.2) is 4.98 Å². The van der Waals surface area contributed by atoms with E-state index >= 15 is 0 Å². The van der Waals surface area contributed by atoms with Crippen molar-refractivity contribution >= 4 is 17.2 Å². The molecule has 0 aromatic carbocycles. The SMILES string of the molecule is Cc1nc(-c2ccccn2)sc1CC(=O)NC(C)C. The summed E-state index contributed by atoms with van der Waals surface area (Å²) in [6, 6.07) is 5.90. The first-order chi connectivity index (χ1) is 9.06. The standard InChI is InChI=1S/C14H17N3OS/c1-9(2)16-13(18)8-12-10(3)17-14(19-12)11-6-4-5-7-15-11/h4-7,9H,8H2,1-3H3,(H,16,18). The van der Waals surface area contributed by atoms with E-state index in [9.17, 15) is 4.79 Å². The fourth-order valence-electron chi connectivity index (χ4n) is 1.71. The van der Waals surface area contributed by atoms with Gasteiger partial charge in [0, 0.05) is 17.1 Å². The molecule has 0 saturated heterocycles. The zero-order valence-electron chi connectivity index (χ0n) is 11.3. The van der Waals surface area contributed by atoms with Gasteiger partial charge in [-0.05, 0) is 32.9 Å². The third-order valence-electron chi connectivity index (χ3n) is 2.55. The highest BCUT2D eigenvalue weighted by atomic mass is 32.1. The number of aryl methyl sites for hydroxylation is 1. The number of pyridine rings is 1. The summed E-state index contributed by atoms with van der Waals surface area (Å²) in [5, 5.41) is 3.76. The van der Waals surface area contributed by atoms with E-state index in [1.54, 1.807) is 6.20 Å². The van der Waals surface area contributed by atoms with Crippen molar-refractivity contribution in [3.63, 3.8) is 0 Å². The first-order valence-electron chi connectivity index (χ1n) is 6.23. The molecule has 0 spiro atoms. The van der Waals surface area contributed by atoms with Crippen molar-refractivity contribution in [3.8, 4) is 10.7 Å². The normalized spacial score (nSPS) is 10.7. The number of amides is 1. The summed E-state index contributed by atoms with van der Waals surface area (Å²) in [5.74, 6) is 0.0364. The molecule has 4 nitrogen and oxygen atoms in total. The van der Waals surface area contributed by atoms with Crippen LogP contribution in [0.25, 0.3) is 10.7 Å². The first-order valence-corrected chi connectivity index (χ1v) is 7.05. The minimum Gasteiger partial charge on any atom is -0.354 e. The summed E-state index contributed by atoms with van der Waals surface area (Å²) < 4.78 is 0. The molecule has 1 amide bonds. The monoisotopic (exact) mass is 275 g/mol. The molecule has 0 aliphatic carbocycles. The van der Waals surface area contributed by atoms with Crippen LogP contribution in [0.2, 0.25) is 0 Å². The largest absolute Gasteiger partial charge is 0.354 e. The van der Waals surface area contributed by atoms with Crippen LogP contribution in [0.15, 0.2) is 24.4 Å². The Hall–Kier alpha value is -1.75. The summed E-state index contributed by atoms with van der Waals surface area (Å²) in [7, 11) is 0. The summed E-state index contributed by atoms with van der Waals surface area (Å²) in [5.41, 5.74) is 1.76. The molecule has 0 atom stereocenters. The number of nitrogens with one attached hydrogen (secondary N) is 1. The van der Waals surface area contributed by atoms with Crippen molar-refractivity contribution in [2.24, 2.45) is 0 Å². The van der Waals surface area contributed by atoms with Gasteiger partial charge < -0.3 is 5.32 Å². The molecule has 0 aliphatic rings. The molecule has 0 saturated carbocycles. The second kappa shape index (κ2) is 5.93. The van der Waals surface area contributed by atoms with E-state index in [0.717, 1.165) is 21.3 Å². The molecule has 0 fully saturated rings. The molecule has 2 rings (SSSR count). The molecule has 1 N–H and O–H groups in total. The van der Waals surface area contributed by atoms with E-state index in [4.69, 9.17) is 0 Å². The average Bonchev–Trinajstić information content (AvgIpc) is 2.71. The van der Waals surface area contributed by atoms with E-state index in [1.165, 1.54) is 11.3 Å². The molecule has 0 radical (unpaired) electrons. The Morgan fingerprint density at radius 3 is 2.84 bits per heavy atom. The van der Waals surface area contributed by atoms with Crippen LogP contribution in [0.3, 0.4) is 0 Å². The van der Waals surface area contributed by atoms with Crippen LogP contribution in [0.1, 0.15) is 24.4 Å². The van der Waals surface area contributed by atoms with Gasteiger partial charge >= 0.3 is 0 Å². The predicted molar refractivity (Wildman–Crippen MR) is 77.1 cm³/mol. The third kappa shape index (κ3) is 3.61. The maximum absolute atomic E-state index is 11.8. The molecule has 5 heteroatoms. The highest BCUT2D eigenvalue weighted by Gasteiger charge is 2.13. The minimum atomic E-state index is 0.0364. The molecular weight excluding hydrogens is 258 g/mol. The molecule has 2 aromatic heterocycles. The molecule has 19 heavy (non-hydrogen) atoms. The van der Waals surface area contributed by atoms with Gasteiger partial charge in [-0.1, -0.05) is 6.07 Å². The number of aromatic nitrogens is 2. The van der Waals surface area contributed by atoms with Gasteiger partial charge in [0.05, 0.1) is 17.8 Å². The molecule has 100 valence electrons. The zero-order chi connectivity index (χ0) is 13.8. The Bertz CT molecular complexity index is 563. The van der Waals surface area contributed by atoms with E-state index in [2.05, 4.69) is 15.3 Å². The number of thiazole rings is 1. The number of carbonyl (C=O) groups excluding carboxylic acids is 1. The van der Waals surface area contributed by atoms with E-state index in [1.807, 2.05) is 39.0 Å². The van der Waals surface area contributed by atoms with Crippen LogP contribution in [0.4, 0.5) is 0 Å². The maximum Gasteiger partial charge on any atom is 0.225 e. The molecular formula is C14H17N3OS. The van der Waals surface area contributed by atoms with E-state index < -0.39 is 0 Å². The van der Waals surface area contributed by atoms with Crippen molar-refractivity contribution in [2.45, 2.75) is 33.2 Å². The van der Waals surface area contributed by atoms with Gasteiger partial charge in [-0.2, -0.15) is 0 Å². The van der Waals surface area contributed by atoms with Gasteiger partial charge in [0.1, 0.15) is 5.01 Å². The highest BCUT2D eigenvalue weighted by molar-refractivity contribution is 7.15. The van der Waals surface area contributed by atoms with Crippen molar-refractivity contribution in [2.75, 3.05) is 0 Å². The van der Waals surface area contributed by atoms with Gasteiger partial charge in [0.25, 0.3) is 0 Å². The Balaban J connectivity index is 2.16. The van der Waals surface area contributed by atoms with Gasteiger partial charge in [-0.3, -0.25) is 9.78 Å². The minimum absolute atomic E-state index is 0.0364. The predicted octanol–water partition coefficient (Wildman–Crippen LogP) is 2.58. The Morgan fingerprint density at radius 1 is 1.42 bits per heavy atom. The lowest BCUT2D eigenvalue weighted by molar-refractivity contribution is -0.120. The highest BCUT2D eigenvalue weighted by Crippen LogP contribution is 2.26. The van der Waals surface area contributed by atoms with Crippen molar-refractivity contribution in [1.29, 1.82) is 0 Å². The fourth-order valence-corrected chi connectivity index (χ4v) is 2.75. The second-order valence-corrected chi connectivity index (χ2v) is 5.73. The van der Waals surface area contributed by atoms with Crippen molar-refractivity contribution in [1.82, 2.24) is 15.3 Å². The van der Waals surface area contributed by atoms with Crippen LogP contribution >= 0.6 is 11.3 Å². The number of nitrogens with zero attached hydrogens (tertiary/aromatic N) is 2. The van der Waals surface area contributed by atoms with E-state index in [-0.39, 0.29) is 11.9 Å². The van der Waals surface area contributed by atoms with Crippen LogP contribution in [-0.2, 0) is 11.2 Å². The van der Waals surface area contributed by atoms with E-state index in [0.29, 0.717) is 6.42 Å². The smallest absolute Gasteiger partial charge is 0.225 e. The summed E-state index contributed by atoms with van der Waals surface area (Å²) in [6.07, 6.45) is 2.13. The zero-order valence-corrected chi connectivity index (χ0v) is 12.1. The molecule has 2 aromatic rings. The lowest BCUT2D eigenvalue weighted by Gasteiger charge is -2.06. The number of hydrogen-bond donors (Lipinski definition) is 1. The molecule has 0 bridgehead atoms. The van der Waals surface area contributed by atoms with Crippen LogP contribution < -0.4 is 5.32 Å². The molecule has 0 unspecified atom stereocenters.